The lowest BCUT2D eigenvalue weighted by Gasteiger charge is -1.97. The maximum atomic E-state index is 3.93. The summed E-state index contributed by atoms with van der Waals surface area (Å²) >= 11 is 0. The summed E-state index contributed by atoms with van der Waals surface area (Å²) in [7, 11) is 0. The van der Waals surface area contributed by atoms with E-state index in [0.29, 0.717) is 6.54 Å². The van der Waals surface area contributed by atoms with Gasteiger partial charge in [0.1, 0.15) is 5.82 Å². The minimum atomic E-state index is 0.680. The van der Waals surface area contributed by atoms with Crippen LogP contribution >= 0.6 is 0 Å². The van der Waals surface area contributed by atoms with Gasteiger partial charge in [-0.3, -0.25) is 0 Å². The van der Waals surface area contributed by atoms with E-state index in [1.165, 1.54) is 0 Å². The number of allylic oxidation sites excluding steroid dienone is 2. The third-order valence-electron chi connectivity index (χ3n) is 1.27. The number of nitrogens with zero attached hydrogens (tertiary/aromatic N) is 3. The predicted molar refractivity (Wildman–Crippen MR) is 43.0 cm³/mol. The molecule has 1 aromatic rings. The van der Waals surface area contributed by atoms with Crippen molar-refractivity contribution in [1.82, 2.24) is 14.8 Å². The Balaban J connectivity index is 2.76. The molecule has 0 aliphatic heterocycles. The molecule has 0 spiro atoms. The molecule has 0 aromatic carbocycles. The van der Waals surface area contributed by atoms with Gasteiger partial charge in [-0.15, -0.1) is 18.3 Å². The Bertz CT molecular complexity index is 225. The molecule has 0 fully saturated rings. The molecular weight excluding hydrogens is 138 g/mol. The van der Waals surface area contributed by atoms with Crippen molar-refractivity contribution in [2.45, 2.75) is 13.0 Å². The molecule has 11 heavy (non-hydrogen) atoms. The van der Waals surface area contributed by atoms with Gasteiger partial charge in [0.25, 0.3) is 0 Å². The molecule has 0 N–H and O–H groups in total. The molecule has 0 aliphatic rings. The van der Waals surface area contributed by atoms with Crippen molar-refractivity contribution in [3.8, 4) is 0 Å². The SMILES string of the molecule is C=CCc1n[c]nn1CC=C. The topological polar surface area (TPSA) is 30.7 Å². The van der Waals surface area contributed by atoms with Crippen LogP contribution in [0.15, 0.2) is 25.3 Å². The Morgan fingerprint density at radius 1 is 1.45 bits per heavy atom. The van der Waals surface area contributed by atoms with Gasteiger partial charge in [0.2, 0.25) is 6.33 Å². The monoisotopic (exact) mass is 148 g/mol. The quantitative estimate of drug-likeness (QED) is 0.596. The maximum absolute atomic E-state index is 3.93. The van der Waals surface area contributed by atoms with E-state index in [9.17, 15) is 0 Å². The predicted octanol–water partition coefficient (Wildman–Crippen LogP) is 0.993. The number of hydrogen-bond acceptors (Lipinski definition) is 2. The van der Waals surface area contributed by atoms with Crippen LogP contribution < -0.4 is 0 Å². The molecular formula is C8H10N3. The summed E-state index contributed by atoms with van der Waals surface area (Å²) in [5, 5.41) is 3.89. The maximum Gasteiger partial charge on any atom is 0.221 e. The highest BCUT2D eigenvalue weighted by Gasteiger charge is 1.98. The van der Waals surface area contributed by atoms with Crippen LogP contribution in [0, 0.1) is 6.33 Å². The first-order valence-corrected chi connectivity index (χ1v) is 3.40. The highest BCUT2D eigenvalue weighted by Crippen LogP contribution is 1.94. The Hall–Kier alpha value is -1.38. The van der Waals surface area contributed by atoms with Crippen molar-refractivity contribution in [1.29, 1.82) is 0 Å². The molecule has 0 saturated carbocycles. The lowest BCUT2D eigenvalue weighted by atomic mass is 10.4. The summed E-state index contributed by atoms with van der Waals surface area (Å²) in [6.45, 7) is 7.90. The second-order valence-electron chi connectivity index (χ2n) is 2.09. The van der Waals surface area contributed by atoms with Crippen LogP contribution in [-0.2, 0) is 13.0 Å². The van der Waals surface area contributed by atoms with Gasteiger partial charge in [-0.2, -0.15) is 0 Å². The van der Waals surface area contributed by atoms with Gasteiger partial charge in [0.05, 0.1) is 6.54 Å². The average Bonchev–Trinajstić information content (AvgIpc) is 2.39. The molecule has 1 heterocycles. The fraction of sp³-hybridized carbons (Fsp3) is 0.250. The van der Waals surface area contributed by atoms with E-state index in [1.807, 2.05) is 0 Å². The van der Waals surface area contributed by atoms with E-state index in [-0.39, 0.29) is 0 Å². The van der Waals surface area contributed by atoms with Crippen LogP contribution in [0.25, 0.3) is 0 Å². The first-order chi connectivity index (χ1) is 5.38. The largest absolute Gasteiger partial charge is 0.245 e. The van der Waals surface area contributed by atoms with Crippen LogP contribution in [0.3, 0.4) is 0 Å². The molecule has 1 radical (unpaired) electrons. The molecule has 57 valence electrons. The van der Waals surface area contributed by atoms with Crippen LogP contribution in [-0.4, -0.2) is 14.8 Å². The minimum absolute atomic E-state index is 0.680. The van der Waals surface area contributed by atoms with Gasteiger partial charge in [-0.1, -0.05) is 12.2 Å². The molecule has 0 aliphatic carbocycles. The highest BCUT2D eigenvalue weighted by atomic mass is 15.3. The van der Waals surface area contributed by atoms with E-state index in [1.54, 1.807) is 16.8 Å². The second-order valence-corrected chi connectivity index (χ2v) is 2.09. The third kappa shape index (κ3) is 1.77. The van der Waals surface area contributed by atoms with Crippen LogP contribution in [0.5, 0.6) is 0 Å². The molecule has 0 unspecified atom stereocenters. The van der Waals surface area contributed by atoms with E-state index < -0.39 is 0 Å². The highest BCUT2D eigenvalue weighted by molar-refractivity contribution is 4.92. The smallest absolute Gasteiger partial charge is 0.221 e. The van der Waals surface area contributed by atoms with Crippen molar-refractivity contribution in [2.75, 3.05) is 0 Å². The molecule has 3 heteroatoms. The molecule has 0 bridgehead atoms. The van der Waals surface area contributed by atoms with Gasteiger partial charge in [-0.05, 0) is 0 Å². The third-order valence-corrected chi connectivity index (χ3v) is 1.27. The molecule has 1 rings (SSSR count). The van der Waals surface area contributed by atoms with E-state index in [4.69, 9.17) is 0 Å². The molecule has 0 atom stereocenters. The van der Waals surface area contributed by atoms with Crippen LogP contribution in [0.4, 0.5) is 0 Å². The summed E-state index contributed by atoms with van der Waals surface area (Å²) in [4.78, 5) is 3.93. The zero-order valence-corrected chi connectivity index (χ0v) is 6.32. The zero-order valence-electron chi connectivity index (χ0n) is 6.32. The average molecular weight is 148 g/mol. The normalized spacial score (nSPS) is 9.45. The summed E-state index contributed by atoms with van der Waals surface area (Å²) in [6, 6.07) is 0. The van der Waals surface area contributed by atoms with Gasteiger partial charge in [0, 0.05) is 6.42 Å². The standard InChI is InChI=1S/C8H10N3/c1-3-5-8-9-7-10-11(8)6-4-2/h3-4H,1-2,5-6H2. The Morgan fingerprint density at radius 2 is 2.27 bits per heavy atom. The summed E-state index contributed by atoms with van der Waals surface area (Å²) in [6.07, 6.45) is 6.82. The zero-order chi connectivity index (χ0) is 8.10. The number of rotatable bonds is 4. The Morgan fingerprint density at radius 3 is 2.91 bits per heavy atom. The fourth-order valence-electron chi connectivity index (χ4n) is 0.798. The first kappa shape index (κ1) is 7.72. The van der Waals surface area contributed by atoms with Gasteiger partial charge < -0.3 is 0 Å². The minimum Gasteiger partial charge on any atom is -0.245 e. The van der Waals surface area contributed by atoms with Gasteiger partial charge >= 0.3 is 0 Å². The van der Waals surface area contributed by atoms with E-state index in [2.05, 4.69) is 29.6 Å². The molecule has 0 saturated heterocycles. The fourth-order valence-corrected chi connectivity index (χ4v) is 0.798. The lowest BCUT2D eigenvalue weighted by Crippen LogP contribution is -2.02. The van der Waals surface area contributed by atoms with Crippen molar-refractivity contribution < 1.29 is 0 Å². The Labute approximate surface area is 66.1 Å². The van der Waals surface area contributed by atoms with E-state index in [0.717, 1.165) is 12.2 Å². The first-order valence-electron chi connectivity index (χ1n) is 3.40. The van der Waals surface area contributed by atoms with Crippen molar-refractivity contribution in [2.24, 2.45) is 0 Å². The van der Waals surface area contributed by atoms with Gasteiger partial charge in [-0.25, -0.2) is 9.67 Å². The van der Waals surface area contributed by atoms with Crippen molar-refractivity contribution in [3.63, 3.8) is 0 Å². The summed E-state index contributed by atoms with van der Waals surface area (Å²) in [5.41, 5.74) is 0. The summed E-state index contributed by atoms with van der Waals surface area (Å²) < 4.78 is 1.74. The molecule has 1 aromatic heterocycles. The van der Waals surface area contributed by atoms with E-state index >= 15 is 0 Å². The molecule has 3 nitrogen and oxygen atoms in total. The van der Waals surface area contributed by atoms with Crippen LogP contribution in [0.2, 0.25) is 0 Å². The molecule has 0 amide bonds. The number of hydrogen-bond donors (Lipinski definition) is 0. The number of aromatic nitrogens is 3. The summed E-state index contributed by atoms with van der Waals surface area (Å²) in [5.74, 6) is 0.875. The van der Waals surface area contributed by atoms with Crippen molar-refractivity contribution >= 4 is 0 Å². The second kappa shape index (κ2) is 3.71. The van der Waals surface area contributed by atoms with Crippen LogP contribution in [0.1, 0.15) is 5.82 Å². The lowest BCUT2D eigenvalue weighted by molar-refractivity contribution is 0.663. The van der Waals surface area contributed by atoms with Crippen molar-refractivity contribution in [3.05, 3.63) is 37.5 Å². The Kier molecular flexibility index (Phi) is 2.60. The van der Waals surface area contributed by atoms with Gasteiger partial charge in [0.15, 0.2) is 0 Å².